The van der Waals surface area contributed by atoms with Crippen LogP contribution >= 0.6 is 0 Å². The zero-order chi connectivity index (χ0) is 13.0. The molecular formula is C15H17FN2. The normalized spacial score (nSPS) is 12.4. The fourth-order valence-corrected chi connectivity index (χ4v) is 2.07. The Morgan fingerprint density at radius 3 is 2.56 bits per heavy atom. The Morgan fingerprint density at radius 1 is 1.22 bits per heavy atom. The summed E-state index contributed by atoms with van der Waals surface area (Å²) in [5.74, 6) is -0.208. The lowest BCUT2D eigenvalue weighted by molar-refractivity contribution is 0.612. The van der Waals surface area contributed by atoms with Crippen LogP contribution in [0.25, 0.3) is 0 Å². The van der Waals surface area contributed by atoms with Gasteiger partial charge in [0.25, 0.3) is 0 Å². The van der Waals surface area contributed by atoms with Crippen molar-refractivity contribution in [1.29, 1.82) is 0 Å². The molecule has 0 aliphatic rings. The largest absolute Gasteiger partial charge is 0.307 e. The predicted octanol–water partition coefficient (Wildman–Crippen LogP) is 3.23. The third kappa shape index (κ3) is 2.74. The highest BCUT2D eigenvalue weighted by Gasteiger charge is 2.14. The van der Waals surface area contributed by atoms with Gasteiger partial charge in [0.15, 0.2) is 0 Å². The molecule has 0 fully saturated rings. The lowest BCUT2D eigenvalue weighted by Gasteiger charge is -2.20. The quantitative estimate of drug-likeness (QED) is 0.893. The first-order chi connectivity index (χ1) is 8.72. The van der Waals surface area contributed by atoms with Crippen LogP contribution in [-0.4, -0.2) is 11.5 Å². The summed E-state index contributed by atoms with van der Waals surface area (Å²) in [7, 11) is 0. The Kier molecular flexibility index (Phi) is 4.05. The predicted molar refractivity (Wildman–Crippen MR) is 70.9 cm³/mol. The van der Waals surface area contributed by atoms with E-state index in [-0.39, 0.29) is 11.9 Å². The summed E-state index contributed by atoms with van der Waals surface area (Å²) in [5, 5.41) is 3.43. The summed E-state index contributed by atoms with van der Waals surface area (Å²) in [4.78, 5) is 4.11. The van der Waals surface area contributed by atoms with Gasteiger partial charge in [-0.2, -0.15) is 0 Å². The van der Waals surface area contributed by atoms with Gasteiger partial charge in [-0.3, -0.25) is 4.98 Å². The molecule has 1 aromatic carbocycles. The van der Waals surface area contributed by atoms with Crippen molar-refractivity contribution in [3.8, 4) is 0 Å². The summed E-state index contributed by atoms with van der Waals surface area (Å²) in [6, 6.07) is 8.72. The number of aryl methyl sites for hydroxylation is 1. The van der Waals surface area contributed by atoms with Crippen molar-refractivity contribution >= 4 is 0 Å². The van der Waals surface area contributed by atoms with Crippen molar-refractivity contribution in [2.24, 2.45) is 0 Å². The number of nitrogens with zero attached hydrogens (tertiary/aromatic N) is 1. The number of hydrogen-bond donors (Lipinski definition) is 1. The van der Waals surface area contributed by atoms with Crippen LogP contribution in [0.1, 0.15) is 29.7 Å². The summed E-state index contributed by atoms with van der Waals surface area (Å²) < 4.78 is 13.0. The lowest BCUT2D eigenvalue weighted by atomic mass is 9.96. The van der Waals surface area contributed by atoms with Crippen LogP contribution in [0.5, 0.6) is 0 Å². The maximum atomic E-state index is 13.0. The number of benzene rings is 1. The first kappa shape index (κ1) is 12.7. The number of nitrogens with one attached hydrogen (secondary N) is 1. The van der Waals surface area contributed by atoms with E-state index in [1.54, 1.807) is 6.20 Å². The molecule has 2 aromatic rings. The van der Waals surface area contributed by atoms with Crippen molar-refractivity contribution in [1.82, 2.24) is 10.3 Å². The molecule has 0 amide bonds. The van der Waals surface area contributed by atoms with Crippen LogP contribution in [0.15, 0.2) is 42.7 Å². The van der Waals surface area contributed by atoms with Gasteiger partial charge in [-0.1, -0.05) is 19.1 Å². The Balaban J connectivity index is 2.40. The van der Waals surface area contributed by atoms with E-state index in [0.29, 0.717) is 0 Å². The average Bonchev–Trinajstić information content (AvgIpc) is 2.38. The van der Waals surface area contributed by atoms with Crippen molar-refractivity contribution in [3.63, 3.8) is 0 Å². The van der Waals surface area contributed by atoms with Crippen LogP contribution in [0.4, 0.5) is 4.39 Å². The van der Waals surface area contributed by atoms with Gasteiger partial charge in [0, 0.05) is 12.4 Å². The second-order valence-electron chi connectivity index (χ2n) is 4.27. The van der Waals surface area contributed by atoms with Gasteiger partial charge in [-0.05, 0) is 48.4 Å². The van der Waals surface area contributed by atoms with Gasteiger partial charge in [0.2, 0.25) is 0 Å². The average molecular weight is 244 g/mol. The van der Waals surface area contributed by atoms with Crippen LogP contribution in [0.2, 0.25) is 0 Å². The molecule has 0 saturated heterocycles. The van der Waals surface area contributed by atoms with Gasteiger partial charge in [-0.25, -0.2) is 4.39 Å². The standard InChI is InChI=1S/C15H17FN2/c1-3-18-15(12-4-6-13(16)7-5-12)14-8-9-17-10-11(14)2/h4-10,15,18H,3H2,1-2H3. The van der Waals surface area contributed by atoms with Crippen molar-refractivity contribution < 1.29 is 4.39 Å². The van der Waals surface area contributed by atoms with Crippen molar-refractivity contribution in [3.05, 3.63) is 65.2 Å². The molecule has 0 spiro atoms. The molecule has 1 aromatic heterocycles. The maximum Gasteiger partial charge on any atom is 0.123 e. The van der Waals surface area contributed by atoms with Gasteiger partial charge in [-0.15, -0.1) is 0 Å². The summed E-state index contributed by atoms with van der Waals surface area (Å²) in [6.45, 7) is 4.95. The molecule has 0 radical (unpaired) electrons. The van der Waals surface area contributed by atoms with Crippen LogP contribution < -0.4 is 5.32 Å². The highest BCUT2D eigenvalue weighted by atomic mass is 19.1. The first-order valence-electron chi connectivity index (χ1n) is 6.11. The zero-order valence-electron chi connectivity index (χ0n) is 10.7. The third-order valence-corrected chi connectivity index (χ3v) is 2.99. The van der Waals surface area contributed by atoms with E-state index in [2.05, 4.69) is 17.2 Å². The number of halogens is 1. The molecule has 1 N–H and O–H groups in total. The summed E-state index contributed by atoms with van der Waals surface area (Å²) >= 11 is 0. The molecule has 0 aliphatic heterocycles. The van der Waals surface area contributed by atoms with Gasteiger partial charge in [0.1, 0.15) is 5.82 Å². The van der Waals surface area contributed by atoms with Crippen LogP contribution in [-0.2, 0) is 0 Å². The van der Waals surface area contributed by atoms with E-state index >= 15 is 0 Å². The lowest BCUT2D eigenvalue weighted by Crippen LogP contribution is -2.22. The molecule has 0 bridgehead atoms. The highest BCUT2D eigenvalue weighted by Crippen LogP contribution is 2.24. The molecule has 2 nitrogen and oxygen atoms in total. The third-order valence-electron chi connectivity index (χ3n) is 2.99. The smallest absolute Gasteiger partial charge is 0.123 e. The minimum atomic E-state index is -0.208. The molecular weight excluding hydrogens is 227 g/mol. The minimum Gasteiger partial charge on any atom is -0.307 e. The first-order valence-corrected chi connectivity index (χ1v) is 6.11. The number of hydrogen-bond acceptors (Lipinski definition) is 2. The van der Waals surface area contributed by atoms with Gasteiger partial charge in [0.05, 0.1) is 6.04 Å². The van der Waals surface area contributed by atoms with E-state index in [0.717, 1.165) is 17.7 Å². The van der Waals surface area contributed by atoms with Crippen molar-refractivity contribution in [2.75, 3.05) is 6.54 Å². The van der Waals surface area contributed by atoms with Gasteiger partial charge >= 0.3 is 0 Å². The Hall–Kier alpha value is -1.74. The summed E-state index contributed by atoms with van der Waals surface area (Å²) in [6.07, 6.45) is 3.64. The zero-order valence-corrected chi connectivity index (χ0v) is 10.7. The van der Waals surface area contributed by atoms with E-state index in [1.807, 2.05) is 31.3 Å². The molecule has 94 valence electrons. The second kappa shape index (κ2) is 5.74. The van der Waals surface area contributed by atoms with E-state index < -0.39 is 0 Å². The molecule has 0 saturated carbocycles. The molecule has 3 heteroatoms. The van der Waals surface area contributed by atoms with Crippen LogP contribution in [0.3, 0.4) is 0 Å². The van der Waals surface area contributed by atoms with E-state index in [1.165, 1.54) is 17.7 Å². The monoisotopic (exact) mass is 244 g/mol. The molecule has 1 unspecified atom stereocenters. The number of aromatic nitrogens is 1. The molecule has 2 rings (SSSR count). The summed E-state index contributed by atoms with van der Waals surface area (Å²) in [5.41, 5.74) is 3.37. The Morgan fingerprint density at radius 2 is 1.94 bits per heavy atom. The number of pyridine rings is 1. The van der Waals surface area contributed by atoms with Gasteiger partial charge < -0.3 is 5.32 Å². The van der Waals surface area contributed by atoms with E-state index in [9.17, 15) is 4.39 Å². The SMILES string of the molecule is CCNC(c1ccc(F)cc1)c1ccncc1C. The second-order valence-corrected chi connectivity index (χ2v) is 4.27. The fraction of sp³-hybridized carbons (Fsp3) is 0.267. The maximum absolute atomic E-state index is 13.0. The van der Waals surface area contributed by atoms with E-state index in [4.69, 9.17) is 0 Å². The fourth-order valence-electron chi connectivity index (χ4n) is 2.07. The Labute approximate surface area is 107 Å². The highest BCUT2D eigenvalue weighted by molar-refractivity contribution is 5.35. The molecule has 1 atom stereocenters. The van der Waals surface area contributed by atoms with Crippen LogP contribution in [0, 0.1) is 12.7 Å². The number of rotatable bonds is 4. The molecule has 0 aliphatic carbocycles. The Bertz CT molecular complexity index is 508. The minimum absolute atomic E-state index is 0.0820. The molecule has 1 heterocycles. The topological polar surface area (TPSA) is 24.9 Å². The molecule has 18 heavy (non-hydrogen) atoms. The van der Waals surface area contributed by atoms with Crippen molar-refractivity contribution in [2.45, 2.75) is 19.9 Å².